The fraction of sp³-hybridized carbons (Fsp3) is 0.923. The highest BCUT2D eigenvalue weighted by molar-refractivity contribution is 5.75. The van der Waals surface area contributed by atoms with Crippen LogP contribution >= 0.6 is 0 Å². The Morgan fingerprint density at radius 2 is 1.88 bits per heavy atom. The molecule has 4 unspecified atom stereocenters. The van der Waals surface area contributed by atoms with Crippen molar-refractivity contribution in [2.75, 3.05) is 0 Å². The summed E-state index contributed by atoms with van der Waals surface area (Å²) in [5.74, 6) is -0.687. The number of carboxylic acid groups (broad SMARTS) is 1. The molecule has 2 aliphatic rings. The molecule has 0 aliphatic heterocycles. The lowest BCUT2D eigenvalue weighted by atomic mass is 9.50. The van der Waals surface area contributed by atoms with Crippen LogP contribution in [0, 0.1) is 16.7 Å². The van der Waals surface area contributed by atoms with Gasteiger partial charge in [-0.15, -0.1) is 0 Å². The maximum atomic E-state index is 11.5. The SMILES string of the molecule is CC12CCCCC1C(C)(C(=O)O)C(O)CC2. The molecule has 92 valence electrons. The van der Waals surface area contributed by atoms with E-state index in [2.05, 4.69) is 6.92 Å². The third-order valence-electron chi connectivity index (χ3n) is 5.20. The second-order valence-electron chi connectivity index (χ2n) is 6.09. The minimum absolute atomic E-state index is 0.130. The Bertz CT molecular complexity index is 302. The fourth-order valence-electron chi connectivity index (χ4n) is 4.01. The van der Waals surface area contributed by atoms with Gasteiger partial charge in [-0.3, -0.25) is 4.79 Å². The molecule has 0 amide bonds. The third kappa shape index (κ3) is 1.48. The fourth-order valence-corrected chi connectivity index (χ4v) is 4.01. The van der Waals surface area contributed by atoms with Gasteiger partial charge in [0.25, 0.3) is 0 Å². The molecule has 2 fully saturated rings. The van der Waals surface area contributed by atoms with Crippen molar-refractivity contribution in [1.29, 1.82) is 0 Å². The van der Waals surface area contributed by atoms with Crippen LogP contribution in [0.4, 0.5) is 0 Å². The van der Waals surface area contributed by atoms with E-state index in [1.807, 2.05) is 0 Å². The molecule has 0 heterocycles. The molecular weight excluding hydrogens is 204 g/mol. The first-order valence-electron chi connectivity index (χ1n) is 6.33. The smallest absolute Gasteiger partial charge is 0.312 e. The van der Waals surface area contributed by atoms with Crippen molar-refractivity contribution in [3.8, 4) is 0 Å². The average molecular weight is 226 g/mol. The highest BCUT2D eigenvalue weighted by Gasteiger charge is 2.57. The third-order valence-corrected chi connectivity index (χ3v) is 5.20. The molecular formula is C13H22O3. The Morgan fingerprint density at radius 1 is 1.19 bits per heavy atom. The van der Waals surface area contributed by atoms with E-state index in [1.54, 1.807) is 6.92 Å². The van der Waals surface area contributed by atoms with Crippen molar-refractivity contribution < 1.29 is 15.0 Å². The second-order valence-corrected chi connectivity index (χ2v) is 6.09. The Balaban J connectivity index is 2.37. The summed E-state index contributed by atoms with van der Waals surface area (Å²) >= 11 is 0. The van der Waals surface area contributed by atoms with Gasteiger partial charge in [-0.25, -0.2) is 0 Å². The standard InChI is InChI=1S/C13H22O3/c1-12-7-4-3-5-9(12)13(2,11(15)16)10(14)6-8-12/h9-10,14H,3-8H2,1-2H3,(H,15,16). The lowest BCUT2D eigenvalue weighted by Crippen LogP contribution is -2.56. The first-order valence-corrected chi connectivity index (χ1v) is 6.33. The predicted molar refractivity (Wildman–Crippen MR) is 61.0 cm³/mol. The maximum Gasteiger partial charge on any atom is 0.312 e. The van der Waals surface area contributed by atoms with E-state index < -0.39 is 17.5 Å². The molecule has 3 nitrogen and oxygen atoms in total. The average Bonchev–Trinajstić information content (AvgIpc) is 2.24. The number of hydrogen-bond donors (Lipinski definition) is 2. The molecule has 2 aliphatic carbocycles. The summed E-state index contributed by atoms with van der Waals surface area (Å²) in [6.45, 7) is 3.96. The topological polar surface area (TPSA) is 57.5 Å². The summed E-state index contributed by atoms with van der Waals surface area (Å²) in [7, 11) is 0. The summed E-state index contributed by atoms with van der Waals surface area (Å²) in [6.07, 6.45) is 5.32. The van der Waals surface area contributed by atoms with Crippen molar-refractivity contribution in [1.82, 2.24) is 0 Å². The number of aliphatic hydroxyl groups is 1. The summed E-state index contributed by atoms with van der Waals surface area (Å²) in [4.78, 5) is 11.5. The van der Waals surface area contributed by atoms with Crippen molar-refractivity contribution in [3.05, 3.63) is 0 Å². The highest BCUT2D eigenvalue weighted by Crippen LogP contribution is 2.57. The number of hydrogen-bond acceptors (Lipinski definition) is 2. The van der Waals surface area contributed by atoms with E-state index >= 15 is 0 Å². The molecule has 0 spiro atoms. The van der Waals surface area contributed by atoms with Gasteiger partial charge in [-0.1, -0.05) is 19.8 Å². The Hall–Kier alpha value is -0.570. The maximum absolute atomic E-state index is 11.5. The minimum Gasteiger partial charge on any atom is -0.481 e. The van der Waals surface area contributed by atoms with E-state index in [-0.39, 0.29) is 11.3 Å². The number of carbonyl (C=O) groups is 1. The monoisotopic (exact) mass is 226 g/mol. The molecule has 0 radical (unpaired) electrons. The molecule has 0 aromatic rings. The Morgan fingerprint density at radius 3 is 2.50 bits per heavy atom. The number of aliphatic hydroxyl groups excluding tert-OH is 1. The van der Waals surface area contributed by atoms with Crippen LogP contribution in [-0.4, -0.2) is 22.3 Å². The van der Waals surface area contributed by atoms with Gasteiger partial charge < -0.3 is 10.2 Å². The van der Waals surface area contributed by atoms with Gasteiger partial charge in [-0.05, 0) is 43.9 Å². The lowest BCUT2D eigenvalue weighted by molar-refractivity contribution is -0.180. The van der Waals surface area contributed by atoms with Gasteiger partial charge in [0.2, 0.25) is 0 Å². The molecule has 4 atom stereocenters. The van der Waals surface area contributed by atoms with E-state index in [1.165, 1.54) is 6.42 Å². The van der Waals surface area contributed by atoms with Crippen molar-refractivity contribution >= 4 is 5.97 Å². The first-order chi connectivity index (χ1) is 7.41. The summed E-state index contributed by atoms with van der Waals surface area (Å²) in [5.41, 5.74) is -0.807. The molecule has 3 heteroatoms. The first kappa shape index (κ1) is 11.9. The Labute approximate surface area is 96.9 Å². The van der Waals surface area contributed by atoms with E-state index in [9.17, 15) is 15.0 Å². The summed E-state index contributed by atoms with van der Waals surface area (Å²) in [6, 6.07) is 0. The van der Waals surface area contributed by atoms with Crippen LogP contribution in [0.25, 0.3) is 0 Å². The van der Waals surface area contributed by atoms with E-state index in [4.69, 9.17) is 0 Å². The number of aliphatic carboxylic acids is 1. The van der Waals surface area contributed by atoms with Crippen LogP contribution in [0.5, 0.6) is 0 Å². The predicted octanol–water partition coefficient (Wildman–Crippen LogP) is 2.43. The van der Waals surface area contributed by atoms with Crippen LogP contribution in [0.3, 0.4) is 0 Å². The van der Waals surface area contributed by atoms with Gasteiger partial charge in [0.05, 0.1) is 11.5 Å². The van der Waals surface area contributed by atoms with Crippen molar-refractivity contribution in [2.24, 2.45) is 16.7 Å². The number of carboxylic acids is 1. The van der Waals surface area contributed by atoms with Crippen LogP contribution in [0.2, 0.25) is 0 Å². The van der Waals surface area contributed by atoms with Crippen LogP contribution in [0.1, 0.15) is 52.4 Å². The van der Waals surface area contributed by atoms with Gasteiger partial charge in [0, 0.05) is 0 Å². The molecule has 0 saturated heterocycles. The van der Waals surface area contributed by atoms with Crippen LogP contribution in [0.15, 0.2) is 0 Å². The quantitative estimate of drug-likeness (QED) is 0.722. The van der Waals surface area contributed by atoms with Crippen molar-refractivity contribution in [3.63, 3.8) is 0 Å². The molecule has 0 aromatic heterocycles. The van der Waals surface area contributed by atoms with Crippen LogP contribution < -0.4 is 0 Å². The summed E-state index contributed by atoms with van der Waals surface area (Å²) in [5, 5.41) is 19.5. The number of fused-ring (bicyclic) bond motifs is 1. The Kier molecular flexibility index (Phi) is 2.77. The molecule has 2 saturated carbocycles. The van der Waals surface area contributed by atoms with Gasteiger partial charge >= 0.3 is 5.97 Å². The zero-order valence-electron chi connectivity index (χ0n) is 10.2. The zero-order valence-corrected chi connectivity index (χ0v) is 10.2. The molecule has 16 heavy (non-hydrogen) atoms. The molecule has 0 bridgehead atoms. The van der Waals surface area contributed by atoms with Crippen LogP contribution in [-0.2, 0) is 4.79 Å². The van der Waals surface area contributed by atoms with Gasteiger partial charge in [0.1, 0.15) is 0 Å². The highest BCUT2D eigenvalue weighted by atomic mass is 16.4. The van der Waals surface area contributed by atoms with Crippen molar-refractivity contribution in [2.45, 2.75) is 58.5 Å². The lowest BCUT2D eigenvalue weighted by Gasteiger charge is -2.54. The van der Waals surface area contributed by atoms with Gasteiger partial charge in [0.15, 0.2) is 0 Å². The largest absolute Gasteiger partial charge is 0.481 e. The summed E-state index contributed by atoms with van der Waals surface area (Å²) < 4.78 is 0. The second kappa shape index (κ2) is 3.73. The van der Waals surface area contributed by atoms with Gasteiger partial charge in [-0.2, -0.15) is 0 Å². The number of rotatable bonds is 1. The molecule has 2 N–H and O–H groups in total. The molecule has 0 aromatic carbocycles. The minimum atomic E-state index is -0.937. The van der Waals surface area contributed by atoms with E-state index in [0.717, 1.165) is 25.7 Å². The zero-order chi connectivity index (χ0) is 12.0. The van der Waals surface area contributed by atoms with E-state index in [0.29, 0.717) is 6.42 Å². The molecule has 2 rings (SSSR count). The normalized spacial score (nSPS) is 48.4.